The highest BCUT2D eigenvalue weighted by Gasteiger charge is 2.32. The second-order valence-electron chi connectivity index (χ2n) is 6.87. The molecule has 3 rings (SSSR count). The van der Waals surface area contributed by atoms with Crippen LogP contribution < -0.4 is 11.1 Å². The lowest BCUT2D eigenvalue weighted by Crippen LogP contribution is -2.33. The molecule has 8 nitrogen and oxygen atoms in total. The highest BCUT2D eigenvalue weighted by molar-refractivity contribution is 7.71. The van der Waals surface area contributed by atoms with Gasteiger partial charge in [0.05, 0.1) is 17.0 Å². The number of aromatic hydroxyl groups is 2. The Bertz CT molecular complexity index is 1330. The first-order valence-electron chi connectivity index (χ1n) is 8.72. The molecule has 0 bridgehead atoms. The van der Waals surface area contributed by atoms with Crippen LogP contribution in [0.4, 0.5) is 0 Å². The molecular weight excluding hydrogens is 448 g/mol. The summed E-state index contributed by atoms with van der Waals surface area (Å²) in [6, 6.07) is 6.50. The van der Waals surface area contributed by atoms with E-state index in [2.05, 4.69) is 0 Å². The molecule has 2 N–H and O–H groups in total. The lowest BCUT2D eigenvalue weighted by atomic mass is 9.86. The van der Waals surface area contributed by atoms with Gasteiger partial charge >= 0.3 is 0 Å². The second-order valence-corrected chi connectivity index (χ2v) is 8.04. The standard InChI is InChI=1S/C19H19ClN4O4S2/c1-21-14(25)12(15(26)22(2)18(21)29)11(9-6-5-7-10(20)8-9)13-16(27)23(3)19(30)24(4)17(13)28/h5-8,11,25,27H,1-4H3. The molecule has 0 aliphatic carbocycles. The van der Waals surface area contributed by atoms with Gasteiger partial charge in [-0.25, -0.2) is 0 Å². The summed E-state index contributed by atoms with van der Waals surface area (Å²) >= 11 is 16.5. The summed E-state index contributed by atoms with van der Waals surface area (Å²) < 4.78 is 5.07. The first-order valence-corrected chi connectivity index (χ1v) is 9.91. The van der Waals surface area contributed by atoms with Crippen LogP contribution in [0.3, 0.4) is 0 Å². The van der Waals surface area contributed by atoms with Gasteiger partial charge in [-0.3, -0.25) is 27.9 Å². The smallest absolute Gasteiger partial charge is 0.262 e. The Kier molecular flexibility index (Phi) is 5.76. The Morgan fingerprint density at radius 3 is 1.67 bits per heavy atom. The highest BCUT2D eigenvalue weighted by atomic mass is 35.5. The van der Waals surface area contributed by atoms with Crippen molar-refractivity contribution in [2.75, 3.05) is 0 Å². The second kappa shape index (κ2) is 7.86. The van der Waals surface area contributed by atoms with E-state index in [4.69, 9.17) is 36.0 Å². The summed E-state index contributed by atoms with van der Waals surface area (Å²) in [5, 5.41) is 22.1. The molecule has 0 unspecified atom stereocenters. The van der Waals surface area contributed by atoms with Crippen molar-refractivity contribution in [2.45, 2.75) is 5.92 Å². The molecule has 30 heavy (non-hydrogen) atoms. The van der Waals surface area contributed by atoms with Crippen molar-refractivity contribution in [1.82, 2.24) is 18.3 Å². The largest absolute Gasteiger partial charge is 0.494 e. The number of hydrogen-bond donors (Lipinski definition) is 2. The fraction of sp³-hybridized carbons (Fsp3) is 0.263. The number of nitrogens with zero attached hydrogens (tertiary/aromatic N) is 4. The van der Waals surface area contributed by atoms with Crippen molar-refractivity contribution in [3.05, 3.63) is 76.2 Å². The van der Waals surface area contributed by atoms with E-state index in [1.54, 1.807) is 24.3 Å². The highest BCUT2D eigenvalue weighted by Crippen LogP contribution is 2.37. The minimum atomic E-state index is -1.13. The monoisotopic (exact) mass is 466 g/mol. The maximum Gasteiger partial charge on any atom is 0.262 e. The molecule has 0 spiro atoms. The molecule has 2 heterocycles. The number of benzene rings is 1. The summed E-state index contributed by atoms with van der Waals surface area (Å²) in [5.74, 6) is -1.97. The lowest BCUT2D eigenvalue weighted by Gasteiger charge is -2.23. The Morgan fingerprint density at radius 1 is 0.833 bits per heavy atom. The van der Waals surface area contributed by atoms with Gasteiger partial charge in [-0.2, -0.15) is 0 Å². The first-order chi connectivity index (χ1) is 14.0. The number of hydrogen-bond acceptors (Lipinski definition) is 6. The van der Waals surface area contributed by atoms with Gasteiger partial charge in [-0.15, -0.1) is 0 Å². The van der Waals surface area contributed by atoms with Gasteiger partial charge in [0, 0.05) is 33.2 Å². The Balaban J connectivity index is 2.59. The van der Waals surface area contributed by atoms with Gasteiger partial charge in [0.15, 0.2) is 9.54 Å². The van der Waals surface area contributed by atoms with E-state index in [1.165, 1.54) is 46.5 Å². The Hall–Kier alpha value is -2.69. The zero-order valence-corrected chi connectivity index (χ0v) is 19.0. The quantitative estimate of drug-likeness (QED) is 0.576. The van der Waals surface area contributed by atoms with E-state index in [1.807, 2.05) is 0 Å². The third-order valence-electron chi connectivity index (χ3n) is 5.09. The van der Waals surface area contributed by atoms with E-state index in [0.717, 1.165) is 0 Å². The van der Waals surface area contributed by atoms with Crippen molar-refractivity contribution in [2.24, 2.45) is 28.2 Å². The summed E-state index contributed by atoms with van der Waals surface area (Å²) in [7, 11) is 5.93. The predicted molar refractivity (Wildman–Crippen MR) is 119 cm³/mol. The molecule has 0 aliphatic heterocycles. The van der Waals surface area contributed by atoms with Gasteiger partial charge in [0.2, 0.25) is 11.8 Å². The predicted octanol–water partition coefficient (Wildman–Crippen LogP) is 2.46. The lowest BCUT2D eigenvalue weighted by molar-refractivity contribution is 0.395. The average Bonchev–Trinajstić information content (AvgIpc) is 2.72. The van der Waals surface area contributed by atoms with Crippen molar-refractivity contribution in [1.29, 1.82) is 0 Å². The maximum atomic E-state index is 13.2. The van der Waals surface area contributed by atoms with Crippen LogP contribution in [-0.2, 0) is 28.2 Å². The molecule has 0 radical (unpaired) electrons. The normalized spacial score (nSPS) is 11.3. The Morgan fingerprint density at radius 2 is 1.27 bits per heavy atom. The molecule has 0 saturated heterocycles. The molecule has 0 atom stereocenters. The van der Waals surface area contributed by atoms with Crippen LogP contribution in [0.2, 0.25) is 5.02 Å². The molecule has 3 aromatic rings. The Labute approximate surface area is 186 Å². The first kappa shape index (κ1) is 22.0. The van der Waals surface area contributed by atoms with E-state index in [-0.39, 0.29) is 20.7 Å². The van der Waals surface area contributed by atoms with Gasteiger partial charge in [-0.1, -0.05) is 23.7 Å². The fourth-order valence-electron chi connectivity index (χ4n) is 3.39. The van der Waals surface area contributed by atoms with Crippen LogP contribution in [0.1, 0.15) is 22.6 Å². The van der Waals surface area contributed by atoms with E-state index in [9.17, 15) is 19.8 Å². The summed E-state index contributed by atoms with van der Waals surface area (Å²) in [6.07, 6.45) is 0. The van der Waals surface area contributed by atoms with Crippen molar-refractivity contribution >= 4 is 36.0 Å². The van der Waals surface area contributed by atoms with E-state index in [0.29, 0.717) is 10.6 Å². The van der Waals surface area contributed by atoms with Crippen LogP contribution in [0.5, 0.6) is 11.8 Å². The van der Waals surface area contributed by atoms with E-state index < -0.39 is 28.8 Å². The maximum absolute atomic E-state index is 13.2. The average molecular weight is 467 g/mol. The molecule has 0 fully saturated rings. The van der Waals surface area contributed by atoms with Crippen molar-refractivity contribution < 1.29 is 10.2 Å². The number of aromatic nitrogens is 4. The molecular formula is C19H19ClN4O4S2. The number of rotatable bonds is 3. The van der Waals surface area contributed by atoms with Gasteiger partial charge < -0.3 is 10.2 Å². The molecule has 2 aromatic heterocycles. The third-order valence-corrected chi connectivity index (χ3v) is 6.42. The van der Waals surface area contributed by atoms with Crippen LogP contribution in [0, 0.1) is 9.54 Å². The fourth-order valence-corrected chi connectivity index (χ4v) is 3.93. The molecule has 158 valence electrons. The van der Waals surface area contributed by atoms with Crippen molar-refractivity contribution in [3.63, 3.8) is 0 Å². The van der Waals surface area contributed by atoms with Crippen molar-refractivity contribution in [3.8, 4) is 11.8 Å². The zero-order chi connectivity index (χ0) is 22.5. The molecule has 0 amide bonds. The van der Waals surface area contributed by atoms with Crippen LogP contribution in [0.25, 0.3) is 0 Å². The minimum absolute atomic E-state index is 0.0923. The minimum Gasteiger partial charge on any atom is -0.494 e. The molecule has 11 heteroatoms. The topological polar surface area (TPSA) is 94.3 Å². The van der Waals surface area contributed by atoms with Gasteiger partial charge in [0.25, 0.3) is 11.1 Å². The molecule has 1 aromatic carbocycles. The number of halogens is 1. The van der Waals surface area contributed by atoms with Crippen LogP contribution >= 0.6 is 36.0 Å². The zero-order valence-electron chi connectivity index (χ0n) is 16.6. The molecule has 0 saturated carbocycles. The third kappa shape index (κ3) is 3.30. The summed E-state index contributed by atoms with van der Waals surface area (Å²) in [5.41, 5.74) is -1.03. The van der Waals surface area contributed by atoms with Crippen LogP contribution in [0.15, 0.2) is 33.9 Å². The van der Waals surface area contributed by atoms with Crippen LogP contribution in [-0.4, -0.2) is 28.5 Å². The summed E-state index contributed by atoms with van der Waals surface area (Å²) in [6.45, 7) is 0. The SMILES string of the molecule is Cn1c(O)c(C(c2cccc(Cl)c2)c2c(O)n(C)c(=S)n(C)c2=O)c(=O)n(C)c1=S. The summed E-state index contributed by atoms with van der Waals surface area (Å²) in [4.78, 5) is 26.3. The van der Waals surface area contributed by atoms with Gasteiger partial charge in [0.1, 0.15) is 0 Å². The molecule has 0 aliphatic rings. The van der Waals surface area contributed by atoms with E-state index >= 15 is 0 Å². The van der Waals surface area contributed by atoms with Gasteiger partial charge in [-0.05, 0) is 42.1 Å².